The number of azo groups is 3. The van der Waals surface area contributed by atoms with Crippen LogP contribution in [0.4, 0.5) is 33.6 Å². The predicted molar refractivity (Wildman–Crippen MR) is 250 cm³/mol. The van der Waals surface area contributed by atoms with E-state index in [1.807, 2.05) is 24.3 Å². The van der Waals surface area contributed by atoms with Crippen LogP contribution in [0.3, 0.4) is 0 Å². The minimum absolute atomic E-state index is 0.0667. The molecule has 6 N–H and O–H groups in total. The number of para-hydroxylation sites is 1. The number of carboxylic acids is 1. The molecule has 73 heavy (non-hydrogen) atoms. The van der Waals surface area contributed by atoms with Crippen molar-refractivity contribution in [3.05, 3.63) is 102 Å². The minimum Gasteiger partial charge on any atom is -0.505 e. The summed E-state index contributed by atoms with van der Waals surface area (Å²) in [5.41, 5.74) is 1.24. The number of aromatic hydroxyl groups is 2. The lowest BCUT2D eigenvalue weighted by Crippen LogP contribution is -2.08. The number of carbonyl (C=O) groups is 2. The molecule has 0 aliphatic carbocycles. The van der Waals surface area contributed by atoms with Crippen LogP contribution in [0.1, 0.15) is 22.3 Å². The second kappa shape index (κ2) is 27.6. The van der Waals surface area contributed by atoms with Gasteiger partial charge in [-0.2, -0.15) is 44.6 Å². The molecule has 2 heterocycles. The monoisotopic (exact) mass is 1110 g/mol. The van der Waals surface area contributed by atoms with Crippen LogP contribution in [0.15, 0.2) is 127 Å². The van der Waals surface area contributed by atoms with E-state index in [2.05, 4.69) is 40.8 Å². The van der Waals surface area contributed by atoms with E-state index in [9.17, 15) is 41.5 Å². The van der Waals surface area contributed by atoms with E-state index in [1.54, 1.807) is 13.0 Å². The third-order valence-electron chi connectivity index (χ3n) is 8.54. The Kier molecular flexibility index (Phi) is 22.1. The number of phenols is 1. The lowest BCUT2D eigenvalue weighted by atomic mass is 10.1. The SMILES string of the molecule is Cc1cc(N=Nc2ccc3c(S(=O)(=O)O)c(N=Nc4cnn(-c5cccc(C(=O)O)c5)c4O)ccc3c2O)c(OCCCS(=O)(=O)O)cc1N=Nc1nc2ccccc2s1.O=C=O.O=CO.O=S(=O)=O.O=S=O. The van der Waals surface area contributed by atoms with Crippen molar-refractivity contribution in [2.45, 2.75) is 18.2 Å². The molecule has 0 bridgehead atoms. The molecule has 0 atom stereocenters. The van der Waals surface area contributed by atoms with Gasteiger partial charge in [0.25, 0.3) is 26.7 Å². The molecule has 34 heteroatoms. The molecule has 0 amide bonds. The van der Waals surface area contributed by atoms with E-state index in [1.165, 1.54) is 59.9 Å². The number of phenolic OH excluding ortho intramolecular Hbond substituents is 1. The Morgan fingerprint density at radius 1 is 0.822 bits per heavy atom. The van der Waals surface area contributed by atoms with E-state index < -0.39 is 70.7 Å². The highest BCUT2D eigenvalue weighted by Crippen LogP contribution is 2.43. The van der Waals surface area contributed by atoms with Crippen molar-refractivity contribution in [1.29, 1.82) is 0 Å². The number of carboxylic acid groups (broad SMARTS) is 2. The van der Waals surface area contributed by atoms with Crippen molar-refractivity contribution in [2.75, 3.05) is 12.4 Å². The van der Waals surface area contributed by atoms with Gasteiger partial charge in [-0.3, -0.25) is 13.9 Å². The number of rotatable bonds is 14. The van der Waals surface area contributed by atoms with Gasteiger partial charge in [0.05, 0.1) is 45.7 Å². The van der Waals surface area contributed by atoms with Gasteiger partial charge in [0.15, 0.2) is 11.4 Å². The number of thiazole rings is 1. The quantitative estimate of drug-likeness (QED) is 0.0287. The van der Waals surface area contributed by atoms with Crippen LogP contribution in [0.25, 0.3) is 26.7 Å². The Hall–Kier alpha value is -8.76. The molecule has 382 valence electrons. The van der Waals surface area contributed by atoms with Gasteiger partial charge in [0.1, 0.15) is 27.7 Å². The zero-order valence-electron chi connectivity index (χ0n) is 36.3. The van der Waals surface area contributed by atoms with Crippen LogP contribution < -0.4 is 4.74 Å². The number of benzene rings is 5. The van der Waals surface area contributed by atoms with Crippen molar-refractivity contribution >= 4 is 127 Å². The fourth-order valence-electron chi connectivity index (χ4n) is 5.74. The van der Waals surface area contributed by atoms with Crippen LogP contribution in [-0.2, 0) is 56.8 Å². The number of aryl methyl sites for hydroxylation is 1. The summed E-state index contributed by atoms with van der Waals surface area (Å²) in [5.74, 6) is -2.73. The Morgan fingerprint density at radius 2 is 1.40 bits per heavy atom. The normalized spacial score (nSPS) is 11.0. The minimum atomic E-state index is -5.02. The van der Waals surface area contributed by atoms with Crippen LogP contribution in [0.5, 0.6) is 17.4 Å². The highest BCUT2D eigenvalue weighted by Gasteiger charge is 2.23. The predicted octanol–water partition coefficient (Wildman–Crippen LogP) is 6.65. The van der Waals surface area contributed by atoms with Crippen molar-refractivity contribution in [3.63, 3.8) is 0 Å². The molecule has 0 aliphatic rings. The number of nitrogens with zero attached hydrogens (tertiary/aromatic N) is 9. The molecule has 7 aromatic rings. The summed E-state index contributed by atoms with van der Waals surface area (Å²) >= 11 is 0.589. The van der Waals surface area contributed by atoms with Crippen LogP contribution in [0.2, 0.25) is 0 Å². The first kappa shape index (κ1) is 58.6. The number of ether oxygens (including phenoxy) is 1. The molecule has 0 saturated heterocycles. The molecule has 0 radical (unpaired) electrons. The van der Waals surface area contributed by atoms with Gasteiger partial charge in [-0.1, -0.05) is 35.6 Å². The summed E-state index contributed by atoms with van der Waals surface area (Å²) in [6.07, 6.45) is 1.28. The van der Waals surface area contributed by atoms with Gasteiger partial charge in [-0.05, 0) is 73.5 Å². The zero-order valence-corrected chi connectivity index (χ0v) is 40.4. The lowest BCUT2D eigenvalue weighted by Gasteiger charge is -2.11. The Bertz CT molecular complexity index is 3620. The van der Waals surface area contributed by atoms with E-state index in [0.717, 1.165) is 27.2 Å². The highest BCUT2D eigenvalue weighted by molar-refractivity contribution is 7.86. The summed E-state index contributed by atoms with van der Waals surface area (Å²) in [6, 6.07) is 21.0. The molecule has 7 rings (SSSR count). The molecular formula is C39H31N9O20S5. The Morgan fingerprint density at radius 3 is 2.01 bits per heavy atom. The summed E-state index contributed by atoms with van der Waals surface area (Å²) in [6.45, 7) is 1.32. The van der Waals surface area contributed by atoms with Crippen molar-refractivity contribution < 1.29 is 91.3 Å². The molecule has 0 unspecified atom stereocenters. The number of fused-ring (bicyclic) bond motifs is 2. The van der Waals surface area contributed by atoms with Gasteiger partial charge in [-0.25, -0.2) is 9.78 Å². The Labute approximate surface area is 417 Å². The fourth-order valence-corrected chi connectivity index (χ4v) is 7.83. The summed E-state index contributed by atoms with van der Waals surface area (Å²) < 4.78 is 117. The maximum absolute atomic E-state index is 12.7. The number of aromatic carboxylic acids is 1. The number of carbonyl (C=O) groups excluding carboxylic acids is 2. The lowest BCUT2D eigenvalue weighted by molar-refractivity contribution is -0.191. The van der Waals surface area contributed by atoms with Crippen LogP contribution >= 0.6 is 11.3 Å². The largest absolute Gasteiger partial charge is 0.505 e. The van der Waals surface area contributed by atoms with Crippen LogP contribution in [0, 0.1) is 6.92 Å². The molecule has 5 aromatic carbocycles. The second-order valence-electron chi connectivity index (χ2n) is 13.2. The first-order valence-corrected chi connectivity index (χ1v) is 24.5. The van der Waals surface area contributed by atoms with Gasteiger partial charge in [0.2, 0.25) is 11.0 Å². The first-order valence-electron chi connectivity index (χ1n) is 19.0. The Balaban J connectivity index is 0.000000976. The van der Waals surface area contributed by atoms with Crippen molar-refractivity contribution in [1.82, 2.24) is 14.8 Å². The van der Waals surface area contributed by atoms with Gasteiger partial charge >= 0.3 is 34.3 Å². The van der Waals surface area contributed by atoms with Crippen molar-refractivity contribution in [2.24, 2.45) is 30.7 Å². The van der Waals surface area contributed by atoms with E-state index in [4.69, 9.17) is 49.8 Å². The van der Waals surface area contributed by atoms with E-state index >= 15 is 0 Å². The smallest absolute Gasteiger partial charge is 0.425 e. The standard InChI is InChI=1S/C37H29N9O11S3.CH2O2.CO2.O3S.O2S/c1-20-16-29(31(57-14-5-15-59(51,52)53)18-28(20)42-45-37-39-25-8-2-3-9-32(25)58-37)43-40-26-12-11-24-23(33(26)47)10-13-27(34(24)60(54,55)56)41-44-30-19-38-46(35(30)48)22-7-4-6-21(17-22)36(49)50;2*2-1-3;1-4(2)3;1-3-2/h2-4,6-13,16-19,47-48H,5,14-15H2,1H3,(H,49,50)(H,51,52,53)(H,54,55,56);1H,(H,2,3);;;. The van der Waals surface area contributed by atoms with Crippen molar-refractivity contribution in [3.8, 4) is 23.1 Å². The van der Waals surface area contributed by atoms with Gasteiger partial charge in [-0.15, -0.1) is 43.3 Å². The maximum atomic E-state index is 12.7. The van der Waals surface area contributed by atoms with Gasteiger partial charge < -0.3 is 25.2 Å². The molecule has 2 aromatic heterocycles. The topological polar surface area (TPSA) is 457 Å². The molecule has 0 saturated carbocycles. The number of hydrogen-bond acceptors (Lipinski definition) is 25. The summed E-state index contributed by atoms with van der Waals surface area (Å²) in [7, 11) is -12.4. The molecular weight excluding hydrogens is 1070 g/mol. The molecule has 0 aliphatic heterocycles. The fraction of sp³-hybridized carbons (Fsp3) is 0.103. The third kappa shape index (κ3) is 17.6. The zero-order chi connectivity index (χ0) is 54.5. The average molecular weight is 1110 g/mol. The second-order valence-corrected chi connectivity index (χ2v) is 17.6. The number of aromatic nitrogens is 3. The number of hydrogen-bond donors (Lipinski definition) is 6. The molecule has 0 fully saturated rings. The maximum Gasteiger partial charge on any atom is 0.425 e. The highest BCUT2D eigenvalue weighted by atomic mass is 32.2. The van der Waals surface area contributed by atoms with Crippen LogP contribution in [-0.4, -0.2) is 113 Å². The summed E-state index contributed by atoms with van der Waals surface area (Å²) in [5, 5.41) is 67.2. The molecule has 0 spiro atoms. The summed E-state index contributed by atoms with van der Waals surface area (Å²) in [4.78, 5) is 39.7. The van der Waals surface area contributed by atoms with Gasteiger partial charge in [0, 0.05) is 16.8 Å². The van der Waals surface area contributed by atoms with E-state index in [0.29, 0.717) is 16.4 Å². The first-order chi connectivity index (χ1) is 34.5. The third-order valence-corrected chi connectivity index (χ3v) is 11.2. The van der Waals surface area contributed by atoms with E-state index in [-0.39, 0.29) is 76.2 Å². The average Bonchev–Trinajstić information content (AvgIpc) is 3.91. The molecule has 29 nitrogen and oxygen atoms in total.